The molecule has 1 aromatic carbocycles. The normalized spacial score (nSPS) is 27.3. The van der Waals surface area contributed by atoms with Gasteiger partial charge in [-0.1, -0.05) is 18.2 Å². The quantitative estimate of drug-likeness (QED) is 0.889. The zero-order chi connectivity index (χ0) is 13.5. The van der Waals surface area contributed by atoms with E-state index in [1.165, 1.54) is 25.9 Å². The average molecular weight is 307 g/mol. The Labute approximate surface area is 129 Å². The van der Waals surface area contributed by atoms with Crippen molar-refractivity contribution in [3.63, 3.8) is 0 Å². The summed E-state index contributed by atoms with van der Waals surface area (Å²) < 4.78 is 0. The van der Waals surface area contributed by atoms with E-state index in [1.807, 2.05) is 24.3 Å². The van der Waals surface area contributed by atoms with Gasteiger partial charge in [-0.15, -0.1) is 12.4 Å². The predicted molar refractivity (Wildman–Crippen MR) is 83.8 cm³/mol. The second-order valence-corrected chi connectivity index (χ2v) is 5.84. The fraction of sp³-hybridized carbons (Fsp3) is 0.467. The summed E-state index contributed by atoms with van der Waals surface area (Å²) in [5.41, 5.74) is 1.42. The van der Waals surface area contributed by atoms with Crippen LogP contribution in [0.5, 0.6) is 0 Å². The molecule has 0 spiro atoms. The van der Waals surface area contributed by atoms with E-state index in [-0.39, 0.29) is 24.4 Å². The number of hydrogen-bond acceptors (Lipinski definition) is 3. The van der Waals surface area contributed by atoms with Gasteiger partial charge in [0.15, 0.2) is 5.69 Å². The molecule has 3 aliphatic heterocycles. The summed E-state index contributed by atoms with van der Waals surface area (Å²) in [6.07, 6.45) is 2.40. The van der Waals surface area contributed by atoms with Gasteiger partial charge in [-0.25, -0.2) is 0 Å². The first-order valence-corrected chi connectivity index (χ1v) is 7.27. The van der Waals surface area contributed by atoms with Crippen LogP contribution in [0.1, 0.15) is 23.3 Å². The molecule has 6 heteroatoms. The van der Waals surface area contributed by atoms with Gasteiger partial charge in [-0.3, -0.25) is 9.89 Å². The molecule has 3 fully saturated rings. The van der Waals surface area contributed by atoms with E-state index in [0.29, 0.717) is 11.6 Å². The smallest absolute Gasteiger partial charge is 0.272 e. The van der Waals surface area contributed by atoms with E-state index < -0.39 is 0 Å². The fourth-order valence-electron chi connectivity index (χ4n) is 3.50. The molecule has 2 bridgehead atoms. The Bertz CT molecular complexity index is 648. The van der Waals surface area contributed by atoms with Crippen LogP contribution in [-0.4, -0.2) is 46.7 Å². The van der Waals surface area contributed by atoms with E-state index in [4.69, 9.17) is 0 Å². The number of H-pyrrole nitrogens is 1. The zero-order valence-corrected chi connectivity index (χ0v) is 12.5. The SMILES string of the molecule is Cl.O=C(NC1CN2CCC1CC2)c1n[nH]c2ccccc12. The van der Waals surface area contributed by atoms with Crippen LogP contribution in [0.4, 0.5) is 0 Å². The number of nitrogens with zero attached hydrogens (tertiary/aromatic N) is 2. The average Bonchev–Trinajstić information content (AvgIpc) is 2.92. The van der Waals surface area contributed by atoms with Crippen LogP contribution in [0.2, 0.25) is 0 Å². The van der Waals surface area contributed by atoms with Gasteiger partial charge >= 0.3 is 0 Å². The van der Waals surface area contributed by atoms with Gasteiger partial charge in [0.25, 0.3) is 5.91 Å². The van der Waals surface area contributed by atoms with Gasteiger partial charge < -0.3 is 10.2 Å². The molecular weight excluding hydrogens is 288 g/mol. The standard InChI is InChI=1S/C15H18N4O.ClH/c20-15(14-11-3-1-2-4-12(11)17-18-14)16-13-9-19-7-5-10(13)6-8-19;/h1-4,10,13H,5-9H2,(H,16,20)(H,17,18);1H. The van der Waals surface area contributed by atoms with Crippen molar-refractivity contribution in [1.29, 1.82) is 0 Å². The minimum absolute atomic E-state index is 0. The van der Waals surface area contributed by atoms with Crippen molar-refractivity contribution in [2.75, 3.05) is 19.6 Å². The van der Waals surface area contributed by atoms with Crippen LogP contribution in [0.3, 0.4) is 0 Å². The van der Waals surface area contributed by atoms with Gasteiger partial charge in [-0.05, 0) is 37.9 Å². The lowest BCUT2D eigenvalue weighted by molar-refractivity contribution is 0.0618. The number of halogens is 1. The first kappa shape index (κ1) is 14.4. The fourth-order valence-corrected chi connectivity index (χ4v) is 3.50. The number of para-hydroxylation sites is 1. The Balaban J connectivity index is 0.00000132. The minimum Gasteiger partial charge on any atom is -0.346 e. The van der Waals surface area contributed by atoms with Crippen molar-refractivity contribution in [2.45, 2.75) is 18.9 Å². The number of aromatic nitrogens is 2. The largest absolute Gasteiger partial charge is 0.346 e. The van der Waals surface area contributed by atoms with Crippen LogP contribution in [0.25, 0.3) is 10.9 Å². The Morgan fingerprint density at radius 3 is 2.76 bits per heavy atom. The van der Waals surface area contributed by atoms with Crippen molar-refractivity contribution in [2.24, 2.45) is 5.92 Å². The van der Waals surface area contributed by atoms with Gasteiger partial charge in [-0.2, -0.15) is 5.10 Å². The molecule has 1 aromatic heterocycles. The summed E-state index contributed by atoms with van der Waals surface area (Å²) in [6, 6.07) is 8.02. The molecule has 0 saturated carbocycles. The Hall–Kier alpha value is -1.59. The second-order valence-electron chi connectivity index (χ2n) is 5.84. The molecule has 1 unspecified atom stereocenters. The van der Waals surface area contributed by atoms with E-state index in [1.54, 1.807) is 0 Å². The molecule has 1 atom stereocenters. The maximum absolute atomic E-state index is 12.5. The molecule has 3 saturated heterocycles. The summed E-state index contributed by atoms with van der Waals surface area (Å²) in [5.74, 6) is 0.579. The highest BCUT2D eigenvalue weighted by Crippen LogP contribution is 2.27. The van der Waals surface area contributed by atoms with Gasteiger partial charge in [0.2, 0.25) is 0 Å². The van der Waals surface area contributed by atoms with E-state index in [9.17, 15) is 4.79 Å². The highest BCUT2D eigenvalue weighted by atomic mass is 35.5. The van der Waals surface area contributed by atoms with Crippen LogP contribution in [0, 0.1) is 5.92 Å². The highest BCUT2D eigenvalue weighted by Gasteiger charge is 2.35. The third-order valence-electron chi connectivity index (χ3n) is 4.66. The third-order valence-corrected chi connectivity index (χ3v) is 4.66. The molecular formula is C15H19ClN4O. The minimum atomic E-state index is -0.0544. The number of carbonyl (C=O) groups is 1. The molecule has 112 valence electrons. The number of piperidine rings is 3. The first-order chi connectivity index (χ1) is 9.81. The van der Waals surface area contributed by atoms with Crippen LogP contribution < -0.4 is 5.32 Å². The number of hydrogen-bond donors (Lipinski definition) is 2. The highest BCUT2D eigenvalue weighted by molar-refractivity contribution is 6.04. The summed E-state index contributed by atoms with van der Waals surface area (Å²) in [5, 5.41) is 11.2. The lowest BCUT2D eigenvalue weighted by Gasteiger charge is -2.44. The van der Waals surface area contributed by atoms with Crippen LogP contribution in [-0.2, 0) is 0 Å². The second kappa shape index (κ2) is 5.66. The maximum Gasteiger partial charge on any atom is 0.272 e. The number of aromatic amines is 1. The van der Waals surface area contributed by atoms with E-state index in [2.05, 4.69) is 20.4 Å². The summed E-state index contributed by atoms with van der Waals surface area (Å²) in [6.45, 7) is 3.35. The molecule has 0 radical (unpaired) electrons. The molecule has 2 aromatic rings. The predicted octanol–water partition coefficient (Wildman–Crippen LogP) is 1.81. The molecule has 4 heterocycles. The van der Waals surface area contributed by atoms with Gasteiger partial charge in [0.05, 0.1) is 5.52 Å². The number of benzene rings is 1. The third kappa shape index (κ3) is 2.51. The number of fused-ring (bicyclic) bond motifs is 4. The summed E-state index contributed by atoms with van der Waals surface area (Å²) >= 11 is 0. The topological polar surface area (TPSA) is 61.0 Å². The van der Waals surface area contributed by atoms with Crippen molar-refractivity contribution < 1.29 is 4.79 Å². The van der Waals surface area contributed by atoms with Crippen molar-refractivity contribution in [3.05, 3.63) is 30.0 Å². The molecule has 21 heavy (non-hydrogen) atoms. The van der Waals surface area contributed by atoms with Crippen molar-refractivity contribution in [3.8, 4) is 0 Å². The molecule has 1 amide bonds. The Kier molecular flexibility index (Phi) is 3.87. The number of amides is 1. The lowest BCUT2D eigenvalue weighted by Crippen LogP contribution is -2.57. The van der Waals surface area contributed by atoms with Crippen molar-refractivity contribution in [1.82, 2.24) is 20.4 Å². The van der Waals surface area contributed by atoms with E-state index >= 15 is 0 Å². The van der Waals surface area contributed by atoms with E-state index in [0.717, 1.165) is 17.4 Å². The Morgan fingerprint density at radius 2 is 2.05 bits per heavy atom. The first-order valence-electron chi connectivity index (χ1n) is 7.27. The maximum atomic E-state index is 12.5. The summed E-state index contributed by atoms with van der Waals surface area (Å²) in [4.78, 5) is 14.9. The Morgan fingerprint density at radius 1 is 1.29 bits per heavy atom. The zero-order valence-electron chi connectivity index (χ0n) is 11.7. The van der Waals surface area contributed by atoms with Crippen molar-refractivity contribution >= 4 is 29.2 Å². The molecule has 3 aliphatic rings. The molecule has 5 rings (SSSR count). The van der Waals surface area contributed by atoms with Crippen LogP contribution in [0.15, 0.2) is 24.3 Å². The summed E-state index contributed by atoms with van der Waals surface area (Å²) in [7, 11) is 0. The molecule has 0 aliphatic carbocycles. The van der Waals surface area contributed by atoms with Gasteiger partial charge in [0, 0.05) is 18.0 Å². The lowest BCUT2D eigenvalue weighted by atomic mass is 9.84. The molecule has 2 N–H and O–H groups in total. The number of nitrogens with one attached hydrogen (secondary N) is 2. The molecule has 5 nitrogen and oxygen atoms in total. The number of rotatable bonds is 2. The van der Waals surface area contributed by atoms with Gasteiger partial charge in [0.1, 0.15) is 0 Å². The van der Waals surface area contributed by atoms with Crippen LogP contribution >= 0.6 is 12.4 Å². The monoisotopic (exact) mass is 306 g/mol. The number of carbonyl (C=O) groups excluding carboxylic acids is 1.